The van der Waals surface area contributed by atoms with Gasteiger partial charge in [0.25, 0.3) is 5.91 Å². The molecule has 1 fully saturated rings. The Morgan fingerprint density at radius 3 is 2.79 bits per heavy atom. The van der Waals surface area contributed by atoms with E-state index < -0.39 is 0 Å². The summed E-state index contributed by atoms with van der Waals surface area (Å²) in [5.41, 5.74) is 7.46. The summed E-state index contributed by atoms with van der Waals surface area (Å²) in [5, 5.41) is 9.75. The van der Waals surface area contributed by atoms with Crippen molar-refractivity contribution in [2.45, 2.75) is 51.7 Å². The molecule has 1 amide bonds. The summed E-state index contributed by atoms with van der Waals surface area (Å²) in [4.78, 5) is 12.1. The van der Waals surface area contributed by atoms with Crippen LogP contribution in [0.1, 0.15) is 55.7 Å². The lowest BCUT2D eigenvalue weighted by atomic mass is 10.1. The smallest absolute Gasteiger partial charge is 0.274 e. The highest BCUT2D eigenvalue weighted by Crippen LogP contribution is 2.22. The lowest BCUT2D eigenvalue weighted by Crippen LogP contribution is -2.41. The van der Waals surface area contributed by atoms with Crippen LogP contribution in [0.15, 0.2) is 0 Å². The van der Waals surface area contributed by atoms with Crippen molar-refractivity contribution >= 4 is 11.6 Å². The Bertz CT molecular complexity index is 449. The molecule has 0 saturated carbocycles. The topological polar surface area (TPSA) is 93.0 Å². The van der Waals surface area contributed by atoms with Gasteiger partial charge in [-0.05, 0) is 25.7 Å². The lowest BCUT2D eigenvalue weighted by molar-refractivity contribution is 0.0710. The van der Waals surface area contributed by atoms with Gasteiger partial charge >= 0.3 is 0 Å². The van der Waals surface area contributed by atoms with Gasteiger partial charge in [-0.2, -0.15) is 5.10 Å². The number of aromatic nitrogens is 2. The Labute approximate surface area is 113 Å². The fraction of sp³-hybridized carbons (Fsp3) is 0.692. The van der Waals surface area contributed by atoms with Gasteiger partial charge in [0.15, 0.2) is 5.69 Å². The molecule has 0 aromatic carbocycles. The van der Waals surface area contributed by atoms with Crippen LogP contribution in [0.2, 0.25) is 0 Å². The molecule has 0 radical (unpaired) electrons. The normalized spacial score (nSPS) is 20.7. The largest absolute Gasteiger partial charge is 0.395 e. The highest BCUT2D eigenvalue weighted by molar-refractivity contribution is 5.97. The number of hydrogen-bond acceptors (Lipinski definition) is 4. The van der Waals surface area contributed by atoms with Crippen molar-refractivity contribution in [2.24, 2.45) is 0 Å². The van der Waals surface area contributed by atoms with Gasteiger partial charge in [-0.1, -0.05) is 13.8 Å². The zero-order valence-electron chi connectivity index (χ0n) is 11.7. The number of hydrogen-bond donors (Lipinski definition) is 3. The summed E-state index contributed by atoms with van der Waals surface area (Å²) in [6.45, 7) is 6.72. The number of aromatic amines is 1. The molecule has 2 heterocycles. The van der Waals surface area contributed by atoms with E-state index in [-0.39, 0.29) is 29.7 Å². The van der Waals surface area contributed by atoms with Crippen LogP contribution < -0.4 is 11.1 Å². The van der Waals surface area contributed by atoms with Crippen LogP contribution in [-0.2, 0) is 4.74 Å². The van der Waals surface area contributed by atoms with Crippen molar-refractivity contribution in [3.8, 4) is 0 Å². The highest BCUT2D eigenvalue weighted by atomic mass is 16.5. The molecule has 0 aliphatic carbocycles. The third-order valence-corrected chi connectivity index (χ3v) is 3.51. The Hall–Kier alpha value is -1.56. The Balaban J connectivity index is 2.03. The molecule has 0 bridgehead atoms. The first-order valence-corrected chi connectivity index (χ1v) is 6.77. The van der Waals surface area contributed by atoms with Crippen LogP contribution in [-0.4, -0.2) is 34.9 Å². The number of nitrogen functional groups attached to an aromatic ring is 1. The molecular formula is C13H22N4O2. The maximum Gasteiger partial charge on any atom is 0.274 e. The molecular weight excluding hydrogens is 244 g/mol. The summed E-state index contributed by atoms with van der Waals surface area (Å²) in [7, 11) is 0. The molecule has 106 valence electrons. The molecule has 1 saturated heterocycles. The minimum atomic E-state index is -0.247. The predicted molar refractivity (Wildman–Crippen MR) is 73.0 cm³/mol. The van der Waals surface area contributed by atoms with Crippen LogP contribution in [0, 0.1) is 0 Å². The number of carbonyl (C=O) groups excluding carboxylic acids is 1. The second-order valence-corrected chi connectivity index (χ2v) is 5.37. The summed E-state index contributed by atoms with van der Waals surface area (Å²) in [6.07, 6.45) is 2.12. The number of nitrogens with one attached hydrogen (secondary N) is 2. The minimum absolute atomic E-state index is 0.0337. The molecule has 1 aliphatic heterocycles. The number of nitrogens with two attached hydrogens (primary N) is 1. The first-order chi connectivity index (χ1) is 9.00. The summed E-state index contributed by atoms with van der Waals surface area (Å²) >= 11 is 0. The van der Waals surface area contributed by atoms with Crippen LogP contribution >= 0.6 is 0 Å². The zero-order valence-corrected chi connectivity index (χ0v) is 11.7. The molecule has 1 aliphatic rings. The van der Waals surface area contributed by atoms with E-state index in [0.29, 0.717) is 5.69 Å². The molecule has 6 heteroatoms. The van der Waals surface area contributed by atoms with E-state index in [1.54, 1.807) is 0 Å². The monoisotopic (exact) mass is 266 g/mol. The van der Waals surface area contributed by atoms with Crippen molar-refractivity contribution in [3.63, 3.8) is 0 Å². The summed E-state index contributed by atoms with van der Waals surface area (Å²) < 4.78 is 5.55. The van der Waals surface area contributed by atoms with Crippen LogP contribution in [0.3, 0.4) is 0 Å². The van der Waals surface area contributed by atoms with E-state index in [1.807, 2.05) is 20.8 Å². The van der Waals surface area contributed by atoms with Crippen molar-refractivity contribution in [2.75, 3.05) is 12.3 Å². The van der Waals surface area contributed by atoms with Gasteiger partial charge in [0.1, 0.15) is 0 Å². The first-order valence-electron chi connectivity index (χ1n) is 6.77. The summed E-state index contributed by atoms with van der Waals surface area (Å²) in [5.74, 6) is -0.0340. The van der Waals surface area contributed by atoms with Gasteiger partial charge in [0.2, 0.25) is 0 Å². The molecule has 19 heavy (non-hydrogen) atoms. The van der Waals surface area contributed by atoms with Crippen molar-refractivity contribution < 1.29 is 9.53 Å². The fourth-order valence-corrected chi connectivity index (χ4v) is 2.34. The van der Waals surface area contributed by atoms with Crippen LogP contribution in [0.25, 0.3) is 0 Å². The molecule has 2 atom stereocenters. The Kier molecular flexibility index (Phi) is 4.09. The second kappa shape index (κ2) is 5.61. The number of carbonyl (C=O) groups is 1. The molecule has 0 spiro atoms. The van der Waals surface area contributed by atoms with Crippen LogP contribution in [0.4, 0.5) is 5.69 Å². The van der Waals surface area contributed by atoms with Crippen LogP contribution in [0.5, 0.6) is 0 Å². The number of amides is 1. The SMILES string of the molecule is CC(C)c1[nH]nc(C(=O)NC(C)C2CCCO2)c1N. The number of H-pyrrole nitrogens is 1. The first kappa shape index (κ1) is 13.9. The van der Waals surface area contributed by atoms with Crippen molar-refractivity contribution in [1.29, 1.82) is 0 Å². The van der Waals surface area contributed by atoms with Gasteiger partial charge in [0.05, 0.1) is 23.5 Å². The minimum Gasteiger partial charge on any atom is -0.395 e. The second-order valence-electron chi connectivity index (χ2n) is 5.37. The third kappa shape index (κ3) is 2.89. The van der Waals surface area contributed by atoms with Gasteiger partial charge in [-0.15, -0.1) is 0 Å². The Morgan fingerprint density at radius 2 is 2.26 bits per heavy atom. The van der Waals surface area contributed by atoms with Gasteiger partial charge in [0, 0.05) is 6.61 Å². The van der Waals surface area contributed by atoms with E-state index in [1.165, 1.54) is 0 Å². The van der Waals surface area contributed by atoms with E-state index in [9.17, 15) is 4.79 Å². The average molecular weight is 266 g/mol. The van der Waals surface area contributed by atoms with Gasteiger partial charge in [-0.25, -0.2) is 0 Å². The number of anilines is 1. The molecule has 1 aromatic heterocycles. The fourth-order valence-electron chi connectivity index (χ4n) is 2.34. The van der Waals surface area contributed by atoms with E-state index in [0.717, 1.165) is 25.1 Å². The molecule has 2 rings (SSSR count). The summed E-state index contributed by atoms with van der Waals surface area (Å²) in [6, 6.07) is -0.0337. The standard InChI is InChI=1S/C13H22N4O2/c1-7(2)11-10(14)12(17-16-11)13(18)15-8(3)9-5-4-6-19-9/h7-9H,4-6,14H2,1-3H3,(H,15,18)(H,16,17). The quantitative estimate of drug-likeness (QED) is 0.768. The van der Waals surface area contributed by atoms with E-state index in [4.69, 9.17) is 10.5 Å². The zero-order chi connectivity index (χ0) is 14.0. The number of rotatable bonds is 4. The number of ether oxygens (including phenoxy) is 1. The van der Waals surface area contributed by atoms with E-state index in [2.05, 4.69) is 15.5 Å². The Morgan fingerprint density at radius 1 is 1.53 bits per heavy atom. The number of nitrogens with zero attached hydrogens (tertiary/aromatic N) is 1. The maximum absolute atomic E-state index is 12.1. The predicted octanol–water partition coefficient (Wildman–Crippen LogP) is 1.41. The lowest BCUT2D eigenvalue weighted by Gasteiger charge is -2.19. The van der Waals surface area contributed by atoms with Crippen molar-refractivity contribution in [3.05, 3.63) is 11.4 Å². The molecule has 6 nitrogen and oxygen atoms in total. The third-order valence-electron chi connectivity index (χ3n) is 3.51. The average Bonchev–Trinajstić information content (AvgIpc) is 2.96. The molecule has 1 aromatic rings. The van der Waals surface area contributed by atoms with Crippen molar-refractivity contribution in [1.82, 2.24) is 15.5 Å². The molecule has 2 unspecified atom stereocenters. The van der Waals surface area contributed by atoms with E-state index >= 15 is 0 Å². The highest BCUT2D eigenvalue weighted by Gasteiger charge is 2.26. The molecule has 4 N–H and O–H groups in total. The van der Waals surface area contributed by atoms with Gasteiger partial charge in [-0.3, -0.25) is 9.89 Å². The maximum atomic E-state index is 12.1. The van der Waals surface area contributed by atoms with Gasteiger partial charge < -0.3 is 15.8 Å².